The van der Waals surface area contributed by atoms with E-state index >= 15 is 0 Å². The van der Waals surface area contributed by atoms with Crippen LogP contribution in [0.3, 0.4) is 0 Å². The Kier molecular flexibility index (Phi) is 12.0. The zero-order valence-corrected chi connectivity index (χ0v) is 30.4. The summed E-state index contributed by atoms with van der Waals surface area (Å²) >= 11 is 0. The summed E-state index contributed by atoms with van der Waals surface area (Å²) in [5, 5.41) is 0. The molecule has 1 fully saturated rings. The third kappa shape index (κ3) is 10.1. The van der Waals surface area contributed by atoms with Gasteiger partial charge in [-0.05, 0) is 115 Å². The molecule has 1 saturated heterocycles. The number of carbonyl (C=O) groups is 1. The summed E-state index contributed by atoms with van der Waals surface area (Å²) in [5.74, 6) is 2.42. The molecule has 6 rings (SSSR count). The van der Waals surface area contributed by atoms with Crippen LogP contribution >= 0.6 is 0 Å². The molecular formula is C44H46FN3O4. The largest absolute Gasteiger partial charge is 0.493 e. The van der Waals surface area contributed by atoms with Gasteiger partial charge in [0, 0.05) is 51.3 Å². The van der Waals surface area contributed by atoms with Crippen molar-refractivity contribution in [2.45, 2.75) is 47.3 Å². The second-order valence-electron chi connectivity index (χ2n) is 13.4. The van der Waals surface area contributed by atoms with Crippen LogP contribution in [0.25, 0.3) is 6.08 Å². The second-order valence-corrected chi connectivity index (χ2v) is 13.4. The smallest absolute Gasteiger partial charge is 0.246 e. The summed E-state index contributed by atoms with van der Waals surface area (Å²) in [4.78, 5) is 21.8. The number of piperazine rings is 1. The lowest BCUT2D eigenvalue weighted by atomic mass is 10.0. The number of nitrogens with zero attached hydrogens (tertiary/aromatic N) is 3. The quantitative estimate of drug-likeness (QED) is 0.115. The Morgan fingerprint density at radius 2 is 1.46 bits per heavy atom. The van der Waals surface area contributed by atoms with Gasteiger partial charge in [0.1, 0.15) is 29.7 Å². The van der Waals surface area contributed by atoms with Gasteiger partial charge in [-0.15, -0.1) is 0 Å². The molecule has 0 N–H and O–H groups in total. The van der Waals surface area contributed by atoms with Gasteiger partial charge < -0.3 is 19.1 Å². The lowest BCUT2D eigenvalue weighted by Gasteiger charge is -2.34. The maximum Gasteiger partial charge on any atom is 0.246 e. The number of benzene rings is 4. The summed E-state index contributed by atoms with van der Waals surface area (Å²) in [5.41, 5.74) is 8.80. The third-order valence-electron chi connectivity index (χ3n) is 9.29. The van der Waals surface area contributed by atoms with Crippen LogP contribution in [0.1, 0.15) is 44.5 Å². The molecule has 0 radical (unpaired) electrons. The molecule has 268 valence electrons. The lowest BCUT2D eigenvalue weighted by molar-refractivity contribution is -0.127. The topological polar surface area (TPSA) is 64.1 Å². The van der Waals surface area contributed by atoms with E-state index in [2.05, 4.69) is 54.1 Å². The van der Waals surface area contributed by atoms with Gasteiger partial charge in [-0.2, -0.15) is 0 Å². The normalized spacial score (nSPS) is 13.4. The zero-order chi connectivity index (χ0) is 36.5. The molecular weight excluding hydrogens is 653 g/mol. The van der Waals surface area contributed by atoms with Crippen molar-refractivity contribution < 1.29 is 23.4 Å². The van der Waals surface area contributed by atoms with Crippen LogP contribution in [0.2, 0.25) is 0 Å². The number of halogens is 1. The fourth-order valence-corrected chi connectivity index (χ4v) is 6.31. The van der Waals surface area contributed by atoms with E-state index in [9.17, 15) is 9.18 Å². The summed E-state index contributed by atoms with van der Waals surface area (Å²) in [6.07, 6.45) is 6.02. The van der Waals surface area contributed by atoms with Crippen LogP contribution in [0.4, 0.5) is 4.39 Å². The van der Waals surface area contributed by atoms with Gasteiger partial charge in [0.15, 0.2) is 0 Å². The molecule has 7 nitrogen and oxygen atoms in total. The van der Waals surface area contributed by atoms with Gasteiger partial charge in [0.2, 0.25) is 11.8 Å². The van der Waals surface area contributed by atoms with E-state index in [0.717, 1.165) is 59.8 Å². The van der Waals surface area contributed by atoms with Gasteiger partial charge in [-0.25, -0.2) is 9.37 Å². The number of ether oxygens (including phenoxy) is 3. The molecule has 1 aliphatic heterocycles. The fraction of sp³-hybridized carbons (Fsp3) is 0.273. The number of pyridine rings is 1. The molecule has 1 aromatic heterocycles. The van der Waals surface area contributed by atoms with E-state index in [1.165, 1.54) is 34.4 Å². The Morgan fingerprint density at radius 1 is 0.769 bits per heavy atom. The molecule has 4 aromatic carbocycles. The van der Waals surface area contributed by atoms with Crippen LogP contribution in [-0.4, -0.2) is 53.5 Å². The van der Waals surface area contributed by atoms with Crippen LogP contribution in [-0.2, 0) is 24.4 Å². The minimum absolute atomic E-state index is 0.0225. The van der Waals surface area contributed by atoms with Crippen molar-refractivity contribution in [2.75, 3.05) is 32.8 Å². The maximum absolute atomic E-state index is 13.1. The molecule has 0 aliphatic carbocycles. The lowest BCUT2D eigenvalue weighted by Crippen LogP contribution is -2.47. The predicted molar refractivity (Wildman–Crippen MR) is 203 cm³/mol. The number of rotatable bonds is 13. The number of carbonyl (C=O) groups excluding carboxylic acids is 1. The second kappa shape index (κ2) is 17.2. The fourth-order valence-electron chi connectivity index (χ4n) is 6.31. The molecule has 52 heavy (non-hydrogen) atoms. The first-order valence-electron chi connectivity index (χ1n) is 17.8. The van der Waals surface area contributed by atoms with Gasteiger partial charge in [-0.1, -0.05) is 48.0 Å². The summed E-state index contributed by atoms with van der Waals surface area (Å²) in [6, 6.07) is 28.7. The van der Waals surface area contributed by atoms with Crippen molar-refractivity contribution in [3.63, 3.8) is 0 Å². The molecule has 5 aromatic rings. The van der Waals surface area contributed by atoms with Crippen LogP contribution < -0.4 is 14.2 Å². The van der Waals surface area contributed by atoms with E-state index < -0.39 is 0 Å². The van der Waals surface area contributed by atoms with Crippen LogP contribution in [0.5, 0.6) is 23.1 Å². The molecule has 2 heterocycles. The molecule has 0 saturated carbocycles. The van der Waals surface area contributed by atoms with Crippen molar-refractivity contribution in [3.8, 4) is 23.1 Å². The predicted octanol–water partition coefficient (Wildman–Crippen LogP) is 8.80. The van der Waals surface area contributed by atoms with Crippen LogP contribution in [0.15, 0.2) is 103 Å². The average molecular weight is 700 g/mol. The summed E-state index contributed by atoms with van der Waals surface area (Å²) in [6.45, 7) is 13.1. The summed E-state index contributed by atoms with van der Waals surface area (Å²) < 4.78 is 31.0. The number of hydrogen-bond donors (Lipinski definition) is 0. The van der Waals surface area contributed by atoms with Crippen LogP contribution in [0, 0.1) is 33.5 Å². The minimum Gasteiger partial charge on any atom is -0.493 e. The molecule has 0 atom stereocenters. The molecule has 1 aliphatic rings. The first-order valence-corrected chi connectivity index (χ1v) is 17.8. The summed E-state index contributed by atoms with van der Waals surface area (Å²) in [7, 11) is 0. The first kappa shape index (κ1) is 36.3. The SMILES string of the molecule is Cc1ccc(OCCc2ccc(CN3CCN(C(=O)/C=C/c4cc(C)c(Oc5ccc(OCc6ccc(F)cc6)cn5)c(C)c4)CC3)cc2C)cc1. The number of aryl methyl sites for hydroxylation is 4. The Balaban J connectivity index is 0.944. The van der Waals surface area contributed by atoms with Gasteiger partial charge in [-0.3, -0.25) is 9.69 Å². The molecule has 0 unspecified atom stereocenters. The highest BCUT2D eigenvalue weighted by Crippen LogP contribution is 2.30. The first-order chi connectivity index (χ1) is 25.2. The highest BCUT2D eigenvalue weighted by Gasteiger charge is 2.20. The Hall–Kier alpha value is -5.47. The van der Waals surface area contributed by atoms with Gasteiger partial charge in [0.05, 0.1) is 12.8 Å². The van der Waals surface area contributed by atoms with Crippen molar-refractivity contribution in [2.24, 2.45) is 0 Å². The van der Waals surface area contributed by atoms with Crippen molar-refractivity contribution in [3.05, 3.63) is 154 Å². The van der Waals surface area contributed by atoms with Gasteiger partial charge >= 0.3 is 0 Å². The molecule has 1 amide bonds. The Bertz CT molecular complexity index is 1960. The zero-order valence-electron chi connectivity index (χ0n) is 30.4. The van der Waals surface area contributed by atoms with E-state index in [0.29, 0.717) is 37.9 Å². The van der Waals surface area contributed by atoms with Crippen molar-refractivity contribution in [1.82, 2.24) is 14.8 Å². The Labute approximate surface area is 306 Å². The maximum atomic E-state index is 13.1. The molecule has 8 heteroatoms. The molecule has 0 spiro atoms. The minimum atomic E-state index is -0.277. The van der Waals surface area contributed by atoms with E-state index in [1.54, 1.807) is 36.5 Å². The van der Waals surface area contributed by atoms with Gasteiger partial charge in [0.25, 0.3) is 0 Å². The van der Waals surface area contributed by atoms with E-state index in [4.69, 9.17) is 14.2 Å². The molecule has 0 bridgehead atoms. The van der Waals surface area contributed by atoms with Crippen molar-refractivity contribution in [1.29, 1.82) is 0 Å². The van der Waals surface area contributed by atoms with Crippen molar-refractivity contribution >= 4 is 12.0 Å². The standard InChI is InChI=1S/C44H46FN3O4/c1-31-5-14-40(15-6-31)50-24-19-38-11-7-37(25-32(38)2)29-47-20-22-48(23-21-47)43(49)18-10-36-26-33(3)44(34(4)27-36)52-42-17-16-41(28-46-42)51-30-35-8-12-39(45)13-9-35/h5-18,25-28H,19-24,29-30H2,1-4H3/b18-10+. The van der Waals surface area contributed by atoms with E-state index in [-0.39, 0.29) is 11.7 Å². The third-order valence-corrected chi connectivity index (χ3v) is 9.29. The highest BCUT2D eigenvalue weighted by molar-refractivity contribution is 5.92. The number of hydrogen-bond acceptors (Lipinski definition) is 6. The number of aromatic nitrogens is 1. The number of amides is 1. The van der Waals surface area contributed by atoms with E-state index in [1.807, 2.05) is 49.1 Å². The average Bonchev–Trinajstić information content (AvgIpc) is 3.14. The monoisotopic (exact) mass is 699 g/mol. The highest BCUT2D eigenvalue weighted by atomic mass is 19.1. The Morgan fingerprint density at radius 3 is 2.13 bits per heavy atom.